The predicted molar refractivity (Wildman–Crippen MR) is 146 cm³/mol. The van der Waals surface area contributed by atoms with E-state index in [-0.39, 0.29) is 63.2 Å². The molecule has 2 aromatic rings. The molecule has 214 valence electrons. The molecule has 4 N–H and O–H groups in total. The maximum atomic E-state index is 11.9. The summed E-state index contributed by atoms with van der Waals surface area (Å²) in [4.78, 5) is 50.6. The molecule has 1 aromatic carbocycles. The van der Waals surface area contributed by atoms with E-state index in [4.69, 9.17) is 14.2 Å². The first-order chi connectivity index (χ1) is 19.4. The van der Waals surface area contributed by atoms with E-state index in [1.165, 1.54) is 7.05 Å². The van der Waals surface area contributed by atoms with Crippen LogP contribution in [0, 0.1) is 18.8 Å². The molecule has 4 amide bonds. The maximum Gasteiger partial charge on any atom is 0.246 e. The molecule has 0 atom stereocenters. The van der Waals surface area contributed by atoms with Gasteiger partial charge in [-0.05, 0) is 49.6 Å². The third-order valence-corrected chi connectivity index (χ3v) is 4.96. The molecule has 40 heavy (non-hydrogen) atoms. The molecule has 0 saturated carbocycles. The number of amides is 4. The second kappa shape index (κ2) is 18.7. The molecule has 12 nitrogen and oxygen atoms in total. The Morgan fingerprint density at radius 2 is 1.38 bits per heavy atom. The first-order valence-corrected chi connectivity index (χ1v) is 12.7. The quantitative estimate of drug-likeness (QED) is 0.163. The molecular formula is C28H35N5O7. The van der Waals surface area contributed by atoms with Crippen LogP contribution in [0.25, 0.3) is 0 Å². The lowest BCUT2D eigenvalue weighted by atomic mass is 10.2. The van der Waals surface area contributed by atoms with Crippen molar-refractivity contribution in [1.82, 2.24) is 26.3 Å². The molecule has 0 radical (unpaired) electrons. The summed E-state index contributed by atoms with van der Waals surface area (Å²) in [7, 11) is 1.47. The number of benzene rings is 1. The first kappa shape index (κ1) is 31.7. The number of hydrogen-bond acceptors (Lipinski definition) is 8. The van der Waals surface area contributed by atoms with E-state index >= 15 is 0 Å². The Hall–Kier alpha value is -4.47. The molecule has 0 spiro atoms. The number of carbonyl (C=O) groups is 4. The fourth-order valence-electron chi connectivity index (χ4n) is 3.01. The van der Waals surface area contributed by atoms with Crippen LogP contribution in [0.2, 0.25) is 0 Å². The molecule has 0 saturated heterocycles. The van der Waals surface area contributed by atoms with Crippen molar-refractivity contribution in [1.29, 1.82) is 0 Å². The minimum Gasteiger partial charge on any atom is -0.492 e. The van der Waals surface area contributed by atoms with Crippen LogP contribution in [0.3, 0.4) is 0 Å². The molecule has 0 bridgehead atoms. The van der Waals surface area contributed by atoms with Crippen LogP contribution in [0.4, 0.5) is 0 Å². The third kappa shape index (κ3) is 14.5. The highest BCUT2D eigenvalue weighted by Crippen LogP contribution is 2.12. The highest BCUT2D eigenvalue weighted by molar-refractivity contribution is 5.80. The number of ether oxygens (including phenoxy) is 3. The molecule has 2 rings (SSSR count). The van der Waals surface area contributed by atoms with Gasteiger partial charge in [0, 0.05) is 31.4 Å². The highest BCUT2D eigenvalue weighted by atomic mass is 16.5. The van der Waals surface area contributed by atoms with Crippen molar-refractivity contribution >= 4 is 23.6 Å². The molecule has 0 fully saturated rings. The molecular weight excluding hydrogens is 518 g/mol. The van der Waals surface area contributed by atoms with Gasteiger partial charge < -0.3 is 35.5 Å². The first-order valence-electron chi connectivity index (χ1n) is 12.7. The summed E-state index contributed by atoms with van der Waals surface area (Å²) in [5.41, 5.74) is 2.38. The zero-order valence-electron chi connectivity index (χ0n) is 22.7. The summed E-state index contributed by atoms with van der Waals surface area (Å²) < 4.78 is 15.7. The topological polar surface area (TPSA) is 157 Å². The van der Waals surface area contributed by atoms with E-state index in [1.807, 2.05) is 43.3 Å². The number of hydrogen-bond donors (Lipinski definition) is 4. The largest absolute Gasteiger partial charge is 0.492 e. The Morgan fingerprint density at radius 1 is 0.775 bits per heavy atom. The standard InChI is InChI=1S/C28H35N5O7/c1-21-6-3-8-23(33-21)11-10-22-7-4-9-24(16-22)40-15-14-32-28(37)20-39-19-27(36)31-13-5-12-30-26(35)18-38-17-25(34)29-2/h3-4,6-9,16H,5,12-15,17-20H2,1-2H3,(H,29,34)(H,30,35)(H,31,36)(H,32,37). The number of nitrogens with one attached hydrogen (secondary N) is 4. The molecule has 0 aliphatic rings. The molecule has 12 heteroatoms. The molecule has 0 unspecified atom stereocenters. The van der Waals surface area contributed by atoms with Crippen LogP contribution in [-0.2, 0) is 28.7 Å². The SMILES string of the molecule is CNC(=O)COCC(=O)NCCCNC(=O)COCC(=O)NCCOc1cccc(C#Cc2cccc(C)n2)c1. The molecule has 1 aromatic heterocycles. The van der Waals surface area contributed by atoms with Crippen LogP contribution >= 0.6 is 0 Å². The maximum absolute atomic E-state index is 11.9. The Labute approximate surface area is 233 Å². The van der Waals surface area contributed by atoms with Gasteiger partial charge in [0.05, 0.1) is 6.54 Å². The van der Waals surface area contributed by atoms with Crippen LogP contribution in [0.5, 0.6) is 5.75 Å². The fourth-order valence-corrected chi connectivity index (χ4v) is 3.01. The van der Waals surface area contributed by atoms with Crippen molar-refractivity contribution in [3.8, 4) is 17.6 Å². The average molecular weight is 554 g/mol. The second-order valence-corrected chi connectivity index (χ2v) is 8.35. The predicted octanol–water partition coefficient (Wildman–Crippen LogP) is -0.313. The van der Waals surface area contributed by atoms with Crippen molar-refractivity contribution in [2.45, 2.75) is 13.3 Å². The second-order valence-electron chi connectivity index (χ2n) is 8.35. The molecule has 0 aliphatic carbocycles. The number of nitrogens with zero attached hydrogens (tertiary/aromatic N) is 1. The third-order valence-electron chi connectivity index (χ3n) is 4.96. The van der Waals surface area contributed by atoms with Gasteiger partial charge in [-0.25, -0.2) is 4.98 Å². The Balaban J connectivity index is 1.50. The monoisotopic (exact) mass is 553 g/mol. The van der Waals surface area contributed by atoms with Crippen molar-refractivity contribution in [2.75, 3.05) is 59.7 Å². The van der Waals surface area contributed by atoms with Crippen molar-refractivity contribution < 1.29 is 33.4 Å². The lowest BCUT2D eigenvalue weighted by molar-refractivity contribution is -0.132. The molecule has 1 heterocycles. The zero-order chi connectivity index (χ0) is 29.0. The van der Waals surface area contributed by atoms with Crippen molar-refractivity contribution in [2.24, 2.45) is 0 Å². The number of aryl methyl sites for hydroxylation is 1. The van der Waals surface area contributed by atoms with E-state index in [1.54, 1.807) is 6.07 Å². The van der Waals surface area contributed by atoms with Crippen LogP contribution in [-0.4, -0.2) is 88.3 Å². The molecule has 0 aliphatic heterocycles. The number of carbonyl (C=O) groups excluding carboxylic acids is 4. The van der Waals surface area contributed by atoms with E-state index < -0.39 is 0 Å². The van der Waals surface area contributed by atoms with Gasteiger partial charge in [0.1, 0.15) is 44.5 Å². The summed E-state index contributed by atoms with van der Waals surface area (Å²) in [6, 6.07) is 13.0. The summed E-state index contributed by atoms with van der Waals surface area (Å²) >= 11 is 0. The number of rotatable bonds is 16. The lowest BCUT2D eigenvalue weighted by Crippen LogP contribution is -2.35. The van der Waals surface area contributed by atoms with E-state index in [9.17, 15) is 19.2 Å². The Bertz CT molecular complexity index is 1190. The van der Waals surface area contributed by atoms with Gasteiger partial charge >= 0.3 is 0 Å². The smallest absolute Gasteiger partial charge is 0.246 e. The van der Waals surface area contributed by atoms with Crippen molar-refractivity contribution in [3.05, 3.63) is 59.4 Å². The van der Waals surface area contributed by atoms with Gasteiger partial charge in [-0.1, -0.05) is 18.1 Å². The van der Waals surface area contributed by atoms with Gasteiger partial charge in [0.15, 0.2) is 0 Å². The van der Waals surface area contributed by atoms with E-state index in [0.717, 1.165) is 11.3 Å². The summed E-state index contributed by atoms with van der Waals surface area (Å²) in [5, 5.41) is 10.3. The normalized spacial score (nSPS) is 10.1. The minimum absolute atomic E-state index is 0.190. The van der Waals surface area contributed by atoms with Crippen molar-refractivity contribution in [3.63, 3.8) is 0 Å². The van der Waals surface area contributed by atoms with Crippen LogP contribution < -0.4 is 26.0 Å². The highest BCUT2D eigenvalue weighted by Gasteiger charge is 2.06. The fraction of sp³-hybridized carbons (Fsp3) is 0.393. The van der Waals surface area contributed by atoms with E-state index in [0.29, 0.717) is 31.0 Å². The van der Waals surface area contributed by atoms with E-state index in [2.05, 4.69) is 38.1 Å². The van der Waals surface area contributed by atoms with Crippen LogP contribution in [0.1, 0.15) is 23.4 Å². The zero-order valence-corrected chi connectivity index (χ0v) is 22.7. The summed E-state index contributed by atoms with van der Waals surface area (Å²) in [6.07, 6.45) is 0.493. The Morgan fingerprint density at radius 3 is 2.00 bits per heavy atom. The van der Waals surface area contributed by atoms with Gasteiger partial charge in [-0.3, -0.25) is 19.2 Å². The summed E-state index contributed by atoms with van der Waals surface area (Å²) in [5.74, 6) is 5.28. The lowest BCUT2D eigenvalue weighted by Gasteiger charge is -2.09. The van der Waals surface area contributed by atoms with Gasteiger partial charge in [-0.15, -0.1) is 0 Å². The number of pyridine rings is 1. The van der Waals surface area contributed by atoms with Crippen LogP contribution in [0.15, 0.2) is 42.5 Å². The average Bonchev–Trinajstić information content (AvgIpc) is 2.94. The summed E-state index contributed by atoms with van der Waals surface area (Å²) in [6.45, 7) is 2.12. The minimum atomic E-state index is -0.377. The van der Waals surface area contributed by atoms with Gasteiger partial charge in [0.25, 0.3) is 0 Å². The van der Waals surface area contributed by atoms with Gasteiger partial charge in [-0.2, -0.15) is 0 Å². The van der Waals surface area contributed by atoms with Gasteiger partial charge in [0.2, 0.25) is 23.6 Å². The number of likely N-dealkylation sites (N-methyl/N-ethyl adjacent to an activating group) is 1. The Kier molecular flexibility index (Phi) is 14.9. The number of aromatic nitrogens is 1.